The first kappa shape index (κ1) is 8.04. The summed E-state index contributed by atoms with van der Waals surface area (Å²) in [7, 11) is 0. The Labute approximate surface area is 131 Å². The minimum absolute atomic E-state index is 0.184. The van der Waals surface area contributed by atoms with Gasteiger partial charge in [0.05, 0.1) is 17.9 Å². The van der Waals surface area contributed by atoms with Crippen LogP contribution in [-0.4, -0.2) is 4.57 Å². The van der Waals surface area contributed by atoms with Crippen LogP contribution >= 0.6 is 0 Å². The van der Waals surface area contributed by atoms with E-state index in [1.807, 2.05) is 38.1 Å². The molecular formula is C20H17N. The molecule has 4 aromatic rings. The summed E-state index contributed by atoms with van der Waals surface area (Å²) in [5.74, 6) is 0. The van der Waals surface area contributed by atoms with E-state index in [4.69, 9.17) is 6.85 Å². The maximum Gasteiger partial charge on any atom is 0.0645 e. The van der Waals surface area contributed by atoms with Crippen LogP contribution in [0.4, 0.5) is 0 Å². The Morgan fingerprint density at radius 1 is 0.762 bits per heavy atom. The van der Waals surface area contributed by atoms with Crippen molar-refractivity contribution < 1.29 is 6.85 Å². The van der Waals surface area contributed by atoms with E-state index in [2.05, 4.69) is 12.1 Å². The Bertz CT molecular complexity index is 1120. The van der Waals surface area contributed by atoms with Gasteiger partial charge in [-0.05, 0) is 50.2 Å². The first-order chi connectivity index (χ1) is 12.3. The summed E-state index contributed by atoms with van der Waals surface area (Å²) in [5, 5.41) is 2.02. The van der Waals surface area contributed by atoms with Crippen molar-refractivity contribution in [2.24, 2.45) is 0 Å². The molecule has 0 saturated carbocycles. The highest BCUT2D eigenvalue weighted by molar-refractivity contribution is 6.09. The fourth-order valence-electron chi connectivity index (χ4n) is 2.85. The van der Waals surface area contributed by atoms with Crippen LogP contribution in [0.2, 0.25) is 0 Å². The highest BCUT2D eigenvalue weighted by Gasteiger charge is 2.11. The number of aromatic nitrogens is 1. The number of hydrogen-bond donors (Lipinski definition) is 0. The third-order valence-electron chi connectivity index (χ3n) is 3.79. The van der Waals surface area contributed by atoms with Gasteiger partial charge in [0.25, 0.3) is 0 Å². The summed E-state index contributed by atoms with van der Waals surface area (Å²) in [6, 6.07) is 10.6. The molecule has 21 heavy (non-hydrogen) atoms. The summed E-state index contributed by atoms with van der Waals surface area (Å²) in [5.41, 5.74) is 4.06. The molecule has 0 aliphatic carbocycles. The molecule has 0 saturated heterocycles. The highest BCUT2D eigenvalue weighted by Crippen LogP contribution is 2.32. The molecule has 0 amide bonds. The number of benzene rings is 3. The smallest absolute Gasteiger partial charge is 0.0645 e. The second-order valence-corrected chi connectivity index (χ2v) is 5.35. The molecule has 0 aliphatic rings. The third kappa shape index (κ3) is 1.85. The minimum atomic E-state index is -0.379. The molecule has 102 valence electrons. The molecule has 0 bridgehead atoms. The van der Waals surface area contributed by atoms with Crippen LogP contribution in [0.15, 0.2) is 66.6 Å². The quantitative estimate of drug-likeness (QED) is 0.438. The average molecular weight is 276 g/mol. The van der Waals surface area contributed by atoms with Gasteiger partial charge in [0, 0.05) is 16.5 Å². The van der Waals surface area contributed by atoms with E-state index in [9.17, 15) is 0 Å². The number of para-hydroxylation sites is 1. The second-order valence-electron chi connectivity index (χ2n) is 5.35. The molecule has 4 rings (SSSR count). The first-order valence-corrected chi connectivity index (χ1v) is 6.90. The molecule has 0 spiro atoms. The van der Waals surface area contributed by atoms with Crippen LogP contribution in [0, 0.1) is 13.8 Å². The Morgan fingerprint density at radius 2 is 1.29 bits per heavy atom. The van der Waals surface area contributed by atoms with Gasteiger partial charge in [-0.1, -0.05) is 41.4 Å². The number of rotatable bonds is 1. The van der Waals surface area contributed by atoms with Crippen molar-refractivity contribution in [2.75, 3.05) is 0 Å². The van der Waals surface area contributed by atoms with E-state index in [1.54, 1.807) is 4.57 Å². The standard InChI is InChI=1S/C20H17N/c1-14-8-10-19-17(12-14)18-13-15(2)9-11-20(18)21(19)16-6-4-3-5-7-16/h3-13H,1-2H3/i3D,4D,5D,6D,7D. The van der Waals surface area contributed by atoms with E-state index < -0.39 is 0 Å². The van der Waals surface area contributed by atoms with E-state index in [0.29, 0.717) is 0 Å². The van der Waals surface area contributed by atoms with Gasteiger partial charge in [-0.3, -0.25) is 0 Å². The van der Waals surface area contributed by atoms with Gasteiger partial charge in [-0.25, -0.2) is 0 Å². The molecule has 1 heterocycles. The average Bonchev–Trinajstić information content (AvgIpc) is 2.92. The van der Waals surface area contributed by atoms with Gasteiger partial charge in [0.15, 0.2) is 0 Å². The van der Waals surface area contributed by atoms with Crippen molar-refractivity contribution in [3.63, 3.8) is 0 Å². The van der Waals surface area contributed by atoms with Gasteiger partial charge >= 0.3 is 0 Å². The molecular weight excluding hydrogens is 254 g/mol. The Morgan fingerprint density at radius 3 is 1.81 bits per heavy atom. The molecule has 0 unspecified atom stereocenters. The van der Waals surface area contributed by atoms with Gasteiger partial charge in [0.2, 0.25) is 0 Å². The van der Waals surface area contributed by atoms with Crippen molar-refractivity contribution in [2.45, 2.75) is 13.8 Å². The van der Waals surface area contributed by atoms with Crippen LogP contribution in [0.1, 0.15) is 18.0 Å². The Kier molecular flexibility index (Phi) is 1.72. The maximum absolute atomic E-state index is 8.35. The highest BCUT2D eigenvalue weighted by atomic mass is 15.0. The molecule has 3 aromatic carbocycles. The maximum atomic E-state index is 8.35. The number of fused-ring (bicyclic) bond motifs is 3. The number of aryl methyl sites for hydroxylation is 2. The van der Waals surface area contributed by atoms with Crippen molar-refractivity contribution in [1.82, 2.24) is 4.57 Å². The van der Waals surface area contributed by atoms with Crippen LogP contribution < -0.4 is 0 Å². The van der Waals surface area contributed by atoms with Gasteiger partial charge in [0.1, 0.15) is 0 Å². The predicted molar refractivity (Wildman–Crippen MR) is 90.3 cm³/mol. The molecule has 0 N–H and O–H groups in total. The zero-order valence-corrected chi connectivity index (χ0v) is 11.9. The lowest BCUT2D eigenvalue weighted by atomic mass is 10.1. The summed E-state index contributed by atoms with van der Waals surface area (Å²) in [6.07, 6.45) is 0. The van der Waals surface area contributed by atoms with Gasteiger partial charge in [-0.2, -0.15) is 0 Å². The lowest BCUT2D eigenvalue weighted by Crippen LogP contribution is -1.92. The van der Waals surface area contributed by atoms with Crippen molar-refractivity contribution in [3.05, 3.63) is 77.7 Å². The fourth-order valence-corrected chi connectivity index (χ4v) is 2.85. The first-order valence-electron chi connectivity index (χ1n) is 9.40. The number of hydrogen-bond acceptors (Lipinski definition) is 0. The molecule has 1 nitrogen and oxygen atoms in total. The molecule has 0 fully saturated rings. The van der Waals surface area contributed by atoms with Crippen LogP contribution in [-0.2, 0) is 0 Å². The van der Waals surface area contributed by atoms with Crippen molar-refractivity contribution in [3.8, 4) is 5.69 Å². The van der Waals surface area contributed by atoms with Gasteiger partial charge in [-0.15, -0.1) is 0 Å². The largest absolute Gasteiger partial charge is 0.309 e. The van der Waals surface area contributed by atoms with E-state index in [-0.39, 0.29) is 35.9 Å². The SMILES string of the molecule is [2H]c1c([2H])c([2H])c(-n2c3ccc(C)cc3c3cc(C)ccc32)c([2H])c1[2H]. The summed E-state index contributed by atoms with van der Waals surface area (Å²) < 4.78 is 42.3. The van der Waals surface area contributed by atoms with E-state index in [1.165, 1.54) is 0 Å². The van der Waals surface area contributed by atoms with E-state index in [0.717, 1.165) is 32.9 Å². The van der Waals surface area contributed by atoms with Crippen molar-refractivity contribution >= 4 is 21.8 Å². The Hall–Kier alpha value is -2.54. The van der Waals surface area contributed by atoms with Crippen LogP contribution in [0.25, 0.3) is 27.5 Å². The van der Waals surface area contributed by atoms with Gasteiger partial charge < -0.3 is 4.57 Å². The normalized spacial score (nSPS) is 14.7. The second kappa shape index (κ2) is 4.49. The molecule has 0 aliphatic heterocycles. The summed E-state index contributed by atoms with van der Waals surface area (Å²) >= 11 is 0. The molecule has 0 atom stereocenters. The monoisotopic (exact) mass is 276 g/mol. The van der Waals surface area contributed by atoms with Crippen molar-refractivity contribution in [1.29, 1.82) is 0 Å². The topological polar surface area (TPSA) is 4.93 Å². The molecule has 1 aromatic heterocycles. The predicted octanol–water partition coefficient (Wildman–Crippen LogP) is 5.40. The molecule has 1 heteroatoms. The summed E-state index contributed by atoms with van der Waals surface area (Å²) in [4.78, 5) is 0. The third-order valence-corrected chi connectivity index (χ3v) is 3.79. The van der Waals surface area contributed by atoms with E-state index >= 15 is 0 Å². The lowest BCUT2D eigenvalue weighted by molar-refractivity contribution is 1.18. The summed E-state index contributed by atoms with van der Waals surface area (Å²) in [6.45, 7) is 4.03. The number of nitrogens with zero attached hydrogens (tertiary/aromatic N) is 1. The lowest BCUT2D eigenvalue weighted by Gasteiger charge is -2.07. The van der Waals surface area contributed by atoms with Crippen LogP contribution in [0.3, 0.4) is 0 Å². The fraction of sp³-hybridized carbons (Fsp3) is 0.100. The van der Waals surface area contributed by atoms with Crippen LogP contribution in [0.5, 0.6) is 0 Å². The Balaban J connectivity index is 2.26. The zero-order chi connectivity index (χ0) is 18.7. The molecule has 0 radical (unpaired) electrons. The zero-order valence-electron chi connectivity index (χ0n) is 16.9. The minimum Gasteiger partial charge on any atom is -0.309 e.